The first-order chi connectivity index (χ1) is 1.73. The van der Waals surface area contributed by atoms with E-state index in [-0.39, 0.29) is 35.6 Å². The summed E-state index contributed by atoms with van der Waals surface area (Å²) in [7, 11) is 0. The van der Waals surface area contributed by atoms with Crippen molar-refractivity contribution >= 4 is 0 Å². The zero-order chi connectivity index (χ0) is 3.58. The van der Waals surface area contributed by atoms with Gasteiger partial charge in [0.25, 0.3) is 0 Å². The minimum atomic E-state index is -3.65. The van der Waals surface area contributed by atoms with Crippen LogP contribution in [-0.2, 0) is 0 Å². The zero-order valence-corrected chi connectivity index (χ0v) is 7.39. The molecule has 0 saturated carbocycles. The van der Waals surface area contributed by atoms with Gasteiger partial charge in [0.2, 0.25) is 14.8 Å². The molecule has 5 heteroatoms. The number of hydrogen-bond acceptors (Lipinski definition) is 3. The number of hydrogen-bond donors (Lipinski definition) is 0. The Bertz CT molecular complexity index is 11.6. The second-order valence-electron chi connectivity index (χ2n) is 0.189. The van der Waals surface area contributed by atoms with E-state index >= 15 is 0 Å². The van der Waals surface area contributed by atoms with Crippen LogP contribution < -0.4 is 12.6 Å². The van der Waals surface area contributed by atoms with E-state index in [9.17, 15) is 0 Å². The summed E-state index contributed by atoms with van der Waals surface area (Å²) in [4.78, 5) is 0. The van der Waals surface area contributed by atoms with Crippen molar-refractivity contribution in [3.05, 3.63) is 0 Å². The average molecular weight is 267 g/mol. The molecule has 0 aliphatic carbocycles. The summed E-state index contributed by atoms with van der Waals surface area (Å²) in [5.41, 5.74) is 0. The van der Waals surface area contributed by atoms with Crippen LogP contribution >= 0.6 is 0 Å². The summed E-state index contributed by atoms with van der Waals surface area (Å²) < 4.78 is 25.6. The second kappa shape index (κ2) is 5.55. The molecule has 0 radical (unpaired) electrons. The minimum absolute atomic E-state index is 0. The quantitative estimate of drug-likeness (QED) is 0.456. The summed E-state index contributed by atoms with van der Waals surface area (Å²) in [6.45, 7) is 0. The molecule has 5 heavy (non-hydrogen) atoms. The van der Waals surface area contributed by atoms with E-state index in [1.54, 1.807) is 0 Å². The molecule has 0 aromatic heterocycles. The molecule has 3 nitrogen and oxygen atoms in total. The molecule has 0 aliphatic rings. The van der Waals surface area contributed by atoms with Crippen LogP contribution in [0.3, 0.4) is 0 Å². The van der Waals surface area contributed by atoms with Crippen LogP contribution in [0.5, 0.6) is 0 Å². The largest absolute Gasteiger partial charge is 3.00 e. The molecule has 0 amide bonds. The van der Waals surface area contributed by atoms with Crippen molar-refractivity contribution in [2.24, 2.45) is 0 Å². The Morgan fingerprint density at radius 1 is 1.00 bits per heavy atom. The molecule has 0 bridgehead atoms. The minimum Gasteiger partial charge on any atom is -0.405 e. The monoisotopic (exact) mass is 266 g/mol. The van der Waals surface area contributed by atoms with Crippen molar-refractivity contribution in [3.63, 3.8) is 0 Å². The Kier molecular flexibility index (Phi) is 10.8. The van der Waals surface area contributed by atoms with Gasteiger partial charge in [-0.1, -0.05) is 0 Å². The van der Waals surface area contributed by atoms with E-state index in [0.717, 1.165) is 0 Å². The van der Waals surface area contributed by atoms with Crippen LogP contribution in [0, 0.1) is 50.4 Å². The second-order valence-corrected chi connectivity index (χ2v) is 0.982. The van der Waals surface area contributed by atoms with Crippen LogP contribution in [-0.4, -0.2) is 0 Å². The Balaban J connectivity index is 0. The van der Waals surface area contributed by atoms with Crippen LogP contribution in [0.25, 0.3) is 0 Å². The first kappa shape index (κ1) is 9.75. The van der Waals surface area contributed by atoms with Crippen molar-refractivity contribution in [2.45, 2.75) is 0 Å². The van der Waals surface area contributed by atoms with Crippen LogP contribution in [0.1, 0.15) is 0 Å². The van der Waals surface area contributed by atoms with Crippen LogP contribution in [0.4, 0.5) is 0 Å². The molecule has 0 spiro atoms. The third-order valence-electron chi connectivity index (χ3n) is 0. The molecule has 0 rings (SSSR count). The molecule has 0 fully saturated rings. The van der Waals surface area contributed by atoms with Crippen molar-refractivity contribution < 1.29 is 63.0 Å². The average Bonchev–Trinajstić information content (AvgIpc) is 0.811. The van der Waals surface area contributed by atoms with E-state index in [1.165, 1.54) is 0 Å². The van der Waals surface area contributed by atoms with E-state index in [4.69, 9.17) is 12.6 Å². The first-order valence-corrected chi connectivity index (χ1v) is 2.41. The van der Waals surface area contributed by atoms with Gasteiger partial charge in [0.1, 0.15) is 0 Å². The Morgan fingerprint density at radius 3 is 1.00 bits per heavy atom. The van der Waals surface area contributed by atoms with Crippen LogP contribution in [0.2, 0.25) is 0 Å². The van der Waals surface area contributed by atoms with Crippen LogP contribution in [0.15, 0.2) is 0 Å². The predicted octanol–water partition coefficient (Wildman–Crippen LogP) is -3.57. The molecule has 0 aliphatic heterocycles. The molecule has 0 N–H and O–H groups in total. The predicted molar refractivity (Wildman–Crippen MR) is 0 cm³/mol. The van der Waals surface area contributed by atoms with Gasteiger partial charge in [0.05, 0.1) is 0 Å². The van der Waals surface area contributed by atoms with E-state index in [1.807, 2.05) is 0 Å². The summed E-state index contributed by atoms with van der Waals surface area (Å²) in [6, 6.07) is 0. The third kappa shape index (κ3) is 29.0. The van der Waals surface area contributed by atoms with Gasteiger partial charge >= 0.3 is 35.6 Å². The van der Waals surface area contributed by atoms with E-state index in [0.29, 0.717) is 0 Å². The standard InChI is InChI=1S/BrO3.La/c2-1(3)4;/q-1;+3. The maximum atomic E-state index is 8.52. The van der Waals surface area contributed by atoms with Crippen molar-refractivity contribution in [2.75, 3.05) is 0 Å². The smallest absolute Gasteiger partial charge is 0.405 e. The normalized spacial score (nSPS) is 7.20. The first-order valence-electron chi connectivity index (χ1n) is 0.463. The van der Waals surface area contributed by atoms with Crippen molar-refractivity contribution in [3.8, 4) is 0 Å². The summed E-state index contributed by atoms with van der Waals surface area (Å²) in [5.74, 6) is 0. The van der Waals surface area contributed by atoms with Gasteiger partial charge in [0, 0.05) is 0 Å². The molecule has 0 heterocycles. The topological polar surface area (TPSA) is 69.2 Å². The Hall–Kier alpha value is 1.55. The number of halogens is 1. The van der Waals surface area contributed by atoms with Gasteiger partial charge in [-0.3, -0.25) is 0 Å². The molecule has 0 atom stereocenters. The SMILES string of the molecule is [La+3].[O-][Br+2]([O-])[O-]. The van der Waals surface area contributed by atoms with Gasteiger partial charge in [-0.2, -0.15) is 0 Å². The maximum Gasteiger partial charge on any atom is 3.00 e. The third-order valence-corrected chi connectivity index (χ3v) is 0. The number of rotatable bonds is 0. The fourth-order valence-electron chi connectivity index (χ4n) is 0. The fraction of sp³-hybridized carbons (Fsp3) is 0. The van der Waals surface area contributed by atoms with Gasteiger partial charge in [-0.15, -0.1) is 0 Å². The van der Waals surface area contributed by atoms with Gasteiger partial charge in [-0.25, -0.2) is 0 Å². The zero-order valence-electron chi connectivity index (χ0n) is 2.18. The molecule has 0 unspecified atom stereocenters. The van der Waals surface area contributed by atoms with E-state index in [2.05, 4.69) is 0 Å². The Morgan fingerprint density at radius 2 is 1.00 bits per heavy atom. The van der Waals surface area contributed by atoms with Gasteiger partial charge in [0.15, 0.2) is 0 Å². The van der Waals surface area contributed by atoms with Gasteiger partial charge < -0.3 is 12.6 Å². The Labute approximate surface area is 62.4 Å². The molecule has 26 valence electrons. The summed E-state index contributed by atoms with van der Waals surface area (Å²) >= 11 is -3.65. The summed E-state index contributed by atoms with van der Waals surface area (Å²) in [6.07, 6.45) is 0. The molecule has 0 saturated heterocycles. The maximum absolute atomic E-state index is 8.52. The molecule has 0 aromatic carbocycles. The fourth-order valence-corrected chi connectivity index (χ4v) is 0. The van der Waals surface area contributed by atoms with Gasteiger partial charge in [-0.05, 0) is 0 Å². The molecular weight excluding hydrogens is 267 g/mol. The molecular formula is BrLaO3+2. The molecule has 0 aromatic rings. The van der Waals surface area contributed by atoms with Crippen molar-refractivity contribution in [1.82, 2.24) is 0 Å². The van der Waals surface area contributed by atoms with E-state index < -0.39 is 14.8 Å². The summed E-state index contributed by atoms with van der Waals surface area (Å²) in [5, 5.41) is 0. The van der Waals surface area contributed by atoms with Crippen molar-refractivity contribution in [1.29, 1.82) is 0 Å².